The molecule has 2 nitrogen and oxygen atoms in total. The van der Waals surface area contributed by atoms with Crippen molar-refractivity contribution >= 4 is 23.4 Å². The third-order valence-electron chi connectivity index (χ3n) is 3.63. The first kappa shape index (κ1) is 13.9. The highest BCUT2D eigenvalue weighted by Crippen LogP contribution is 2.39. The number of halogens is 1. The van der Waals surface area contributed by atoms with Gasteiger partial charge in [0.2, 0.25) is 5.28 Å². The van der Waals surface area contributed by atoms with Gasteiger partial charge in [-0.15, -0.1) is 11.8 Å². The zero-order valence-corrected chi connectivity index (χ0v) is 13.5. The Labute approximate surface area is 129 Å². The third kappa shape index (κ3) is 2.45. The zero-order chi connectivity index (χ0) is 14.3. The Morgan fingerprint density at radius 1 is 1.10 bits per heavy atom. The first-order valence-corrected chi connectivity index (χ1v) is 8.20. The van der Waals surface area contributed by atoms with Crippen molar-refractivity contribution in [1.29, 1.82) is 0 Å². The molecule has 0 N–H and O–H groups in total. The first-order chi connectivity index (χ1) is 9.56. The Bertz CT molecular complexity index is 659. The Morgan fingerprint density at radius 2 is 1.80 bits per heavy atom. The van der Waals surface area contributed by atoms with E-state index in [0.29, 0.717) is 5.28 Å². The average molecular weight is 305 g/mol. The minimum atomic E-state index is 0.362. The van der Waals surface area contributed by atoms with Gasteiger partial charge in [0, 0.05) is 5.56 Å². The van der Waals surface area contributed by atoms with Crippen LogP contribution in [0.25, 0.3) is 11.3 Å². The van der Waals surface area contributed by atoms with Crippen molar-refractivity contribution in [3.05, 3.63) is 39.8 Å². The van der Waals surface area contributed by atoms with Gasteiger partial charge >= 0.3 is 0 Å². The molecule has 0 atom stereocenters. The molecule has 20 heavy (non-hydrogen) atoms. The lowest BCUT2D eigenvalue weighted by atomic mass is 9.96. The standard InChI is InChI=1S/C16H17ClN2S/c1-9-7-10(2)13(11(3)8-9)14-15-12(5-4-6-20-15)18-16(17)19-14/h7-8H,4-6H2,1-3H3. The second-order valence-electron chi connectivity index (χ2n) is 5.34. The van der Waals surface area contributed by atoms with E-state index in [1.54, 1.807) is 0 Å². The molecule has 0 amide bonds. The van der Waals surface area contributed by atoms with Crippen molar-refractivity contribution in [2.45, 2.75) is 38.5 Å². The van der Waals surface area contributed by atoms with E-state index in [1.165, 1.54) is 27.1 Å². The molecule has 2 aromatic rings. The molecule has 3 rings (SSSR count). The summed E-state index contributed by atoms with van der Waals surface area (Å²) in [5.74, 6) is 1.13. The quantitative estimate of drug-likeness (QED) is 0.710. The summed E-state index contributed by atoms with van der Waals surface area (Å²) in [5.41, 5.74) is 7.13. The van der Waals surface area contributed by atoms with Crippen molar-refractivity contribution in [3.8, 4) is 11.3 Å². The second kappa shape index (κ2) is 5.38. The van der Waals surface area contributed by atoms with E-state index >= 15 is 0 Å². The second-order valence-corrected chi connectivity index (χ2v) is 6.79. The molecule has 0 spiro atoms. The van der Waals surface area contributed by atoms with Crippen molar-refractivity contribution in [3.63, 3.8) is 0 Å². The highest BCUT2D eigenvalue weighted by Gasteiger charge is 2.21. The molecule has 1 aliphatic rings. The molecule has 104 valence electrons. The van der Waals surface area contributed by atoms with Crippen molar-refractivity contribution in [2.75, 3.05) is 5.75 Å². The van der Waals surface area contributed by atoms with Gasteiger partial charge in [0.15, 0.2) is 0 Å². The van der Waals surface area contributed by atoms with Gasteiger partial charge in [-0.1, -0.05) is 17.7 Å². The molecular formula is C16H17ClN2S. The van der Waals surface area contributed by atoms with Crippen molar-refractivity contribution in [1.82, 2.24) is 9.97 Å². The van der Waals surface area contributed by atoms with E-state index in [2.05, 4.69) is 42.9 Å². The molecular weight excluding hydrogens is 288 g/mol. The summed E-state index contributed by atoms with van der Waals surface area (Å²) in [4.78, 5) is 10.2. The Balaban J connectivity index is 2.27. The molecule has 0 bridgehead atoms. The Kier molecular flexibility index (Phi) is 3.74. The van der Waals surface area contributed by atoms with Gasteiger partial charge in [-0.2, -0.15) is 0 Å². The van der Waals surface area contributed by atoms with E-state index in [9.17, 15) is 0 Å². The van der Waals surface area contributed by atoms with Crippen LogP contribution in [0.1, 0.15) is 28.8 Å². The molecule has 0 radical (unpaired) electrons. The van der Waals surface area contributed by atoms with Crippen molar-refractivity contribution < 1.29 is 0 Å². The summed E-state index contributed by atoms with van der Waals surface area (Å²) in [6.45, 7) is 6.41. The van der Waals surface area contributed by atoms with E-state index in [0.717, 1.165) is 30.0 Å². The number of hydrogen-bond donors (Lipinski definition) is 0. The maximum Gasteiger partial charge on any atom is 0.223 e. The number of rotatable bonds is 1. The highest BCUT2D eigenvalue weighted by atomic mass is 35.5. The van der Waals surface area contributed by atoms with Crippen LogP contribution in [0.15, 0.2) is 17.0 Å². The van der Waals surface area contributed by atoms with Crippen LogP contribution in [0.5, 0.6) is 0 Å². The lowest BCUT2D eigenvalue weighted by Gasteiger charge is -2.20. The highest BCUT2D eigenvalue weighted by molar-refractivity contribution is 7.99. The summed E-state index contributed by atoms with van der Waals surface area (Å²) in [6.07, 6.45) is 2.16. The van der Waals surface area contributed by atoms with E-state index in [4.69, 9.17) is 11.6 Å². The van der Waals surface area contributed by atoms with Gasteiger partial charge in [0.05, 0.1) is 16.3 Å². The maximum absolute atomic E-state index is 6.14. The number of thioether (sulfide) groups is 1. The third-order valence-corrected chi connectivity index (χ3v) is 5.01. The molecule has 0 aliphatic carbocycles. The normalized spacial score (nSPS) is 14.2. The Morgan fingerprint density at radius 3 is 2.50 bits per heavy atom. The molecule has 1 aliphatic heterocycles. The fourth-order valence-corrected chi connectivity index (χ4v) is 4.20. The topological polar surface area (TPSA) is 25.8 Å². The maximum atomic E-state index is 6.14. The number of nitrogens with zero attached hydrogens (tertiary/aromatic N) is 2. The lowest BCUT2D eigenvalue weighted by molar-refractivity contribution is 0.830. The monoisotopic (exact) mass is 304 g/mol. The summed E-state index contributed by atoms with van der Waals surface area (Å²) >= 11 is 7.99. The van der Waals surface area contributed by atoms with Gasteiger partial charge < -0.3 is 0 Å². The molecule has 0 saturated heterocycles. The number of hydrogen-bond acceptors (Lipinski definition) is 3. The minimum Gasteiger partial charge on any atom is -0.222 e. The molecule has 1 aromatic heterocycles. The fraction of sp³-hybridized carbons (Fsp3) is 0.375. The summed E-state index contributed by atoms with van der Waals surface area (Å²) in [6, 6.07) is 4.41. The van der Waals surface area contributed by atoms with E-state index in [1.807, 2.05) is 11.8 Å². The van der Waals surface area contributed by atoms with Crippen LogP contribution in [0, 0.1) is 20.8 Å². The molecule has 0 saturated carbocycles. The van der Waals surface area contributed by atoms with Crippen LogP contribution in [0.4, 0.5) is 0 Å². The largest absolute Gasteiger partial charge is 0.223 e. The van der Waals surface area contributed by atoms with Crippen LogP contribution in [0.2, 0.25) is 5.28 Å². The zero-order valence-electron chi connectivity index (χ0n) is 12.0. The molecule has 0 unspecified atom stereocenters. The number of benzene rings is 1. The summed E-state index contributed by atoms with van der Waals surface area (Å²) in [7, 11) is 0. The fourth-order valence-electron chi connectivity index (χ4n) is 2.92. The van der Waals surface area contributed by atoms with Crippen LogP contribution < -0.4 is 0 Å². The lowest BCUT2D eigenvalue weighted by Crippen LogP contribution is -2.07. The van der Waals surface area contributed by atoms with Crippen LogP contribution >= 0.6 is 23.4 Å². The van der Waals surface area contributed by atoms with Gasteiger partial charge in [0.25, 0.3) is 0 Å². The van der Waals surface area contributed by atoms with Crippen molar-refractivity contribution in [2.24, 2.45) is 0 Å². The van der Waals surface area contributed by atoms with Crippen LogP contribution in [-0.4, -0.2) is 15.7 Å². The van der Waals surface area contributed by atoms with Gasteiger partial charge in [-0.25, -0.2) is 9.97 Å². The predicted molar refractivity (Wildman–Crippen MR) is 85.7 cm³/mol. The average Bonchev–Trinajstić information content (AvgIpc) is 2.37. The van der Waals surface area contributed by atoms with Gasteiger partial charge in [-0.3, -0.25) is 0 Å². The van der Waals surface area contributed by atoms with E-state index in [-0.39, 0.29) is 0 Å². The Hall–Kier alpha value is -1.06. The molecule has 0 fully saturated rings. The number of aryl methyl sites for hydroxylation is 4. The molecule has 4 heteroatoms. The minimum absolute atomic E-state index is 0.362. The van der Waals surface area contributed by atoms with Crippen LogP contribution in [-0.2, 0) is 6.42 Å². The van der Waals surface area contributed by atoms with Gasteiger partial charge in [-0.05, 0) is 62.1 Å². The van der Waals surface area contributed by atoms with E-state index < -0.39 is 0 Å². The molecule has 1 aromatic carbocycles. The SMILES string of the molecule is Cc1cc(C)c(-c2nc(Cl)nc3c2SCCC3)c(C)c1. The summed E-state index contributed by atoms with van der Waals surface area (Å²) < 4.78 is 0. The van der Waals surface area contributed by atoms with Gasteiger partial charge in [0.1, 0.15) is 0 Å². The first-order valence-electron chi connectivity index (χ1n) is 6.83. The van der Waals surface area contributed by atoms with Crippen LogP contribution in [0.3, 0.4) is 0 Å². The summed E-state index contributed by atoms with van der Waals surface area (Å²) in [5, 5.41) is 0.362. The number of fused-ring (bicyclic) bond motifs is 1. The predicted octanol–water partition coefficient (Wildman–Crippen LogP) is 4.76. The number of aromatic nitrogens is 2. The molecule has 2 heterocycles. The smallest absolute Gasteiger partial charge is 0.222 e.